The van der Waals surface area contributed by atoms with E-state index in [-0.39, 0.29) is 47.3 Å². The predicted molar refractivity (Wildman–Crippen MR) is 352 cm³/mol. The second kappa shape index (κ2) is 23.3. The minimum atomic E-state index is 0.00144. The van der Waals surface area contributed by atoms with Gasteiger partial charge in [0.1, 0.15) is 0 Å². The summed E-state index contributed by atoms with van der Waals surface area (Å²) in [6, 6.07) is 45.1. The molecule has 0 bridgehead atoms. The van der Waals surface area contributed by atoms with Crippen molar-refractivity contribution < 1.29 is 38.4 Å². The first-order chi connectivity index (χ1) is 43.9. The maximum Gasteiger partial charge on any atom is 0.227 e. The highest BCUT2D eigenvalue weighted by atomic mass is 16.2. The van der Waals surface area contributed by atoms with Crippen molar-refractivity contribution in [1.29, 1.82) is 0 Å². The lowest BCUT2D eigenvalue weighted by Crippen LogP contribution is -2.26. The van der Waals surface area contributed by atoms with Crippen molar-refractivity contribution in [2.45, 2.75) is 103 Å². The number of nitrogens with zero attached hydrogens (tertiary/aromatic N) is 8. The molecular weight excluding hydrogens is 1130 g/mol. The highest BCUT2D eigenvalue weighted by Gasteiger charge is 2.34. The summed E-state index contributed by atoms with van der Waals surface area (Å²) in [5.74, 6) is 0.100. The normalized spacial score (nSPS) is 18.9. The first-order valence-electron chi connectivity index (χ1n) is 32.3. The third-order valence-corrected chi connectivity index (χ3v) is 19.5. The molecule has 8 aliphatic rings. The molecule has 7 aromatic rings. The summed E-state index contributed by atoms with van der Waals surface area (Å²) in [4.78, 5) is 125. The van der Waals surface area contributed by atoms with Crippen molar-refractivity contribution in [3.63, 3.8) is 0 Å². The first-order valence-corrected chi connectivity index (χ1v) is 32.3. The zero-order valence-electron chi connectivity index (χ0n) is 50.5. The maximum absolute atomic E-state index is 14.0. The summed E-state index contributed by atoms with van der Waals surface area (Å²) >= 11 is 0. The van der Waals surface area contributed by atoms with Gasteiger partial charge in [-0.2, -0.15) is 0 Å². The Hall–Kier alpha value is -9.70. The third kappa shape index (κ3) is 10.4. The van der Waals surface area contributed by atoms with Gasteiger partial charge in [-0.1, -0.05) is 48.5 Å². The standard InChI is InChI=1S/C74H70N8O8/c83-67-17-5-25-75(67)51-33-47(34-52(41-51)76-26-6-18-68(76)84)59-13-1-3-15-61(59)65-45-64(50-39-57(81-31-11-23-73(81)89)44-58(40-50)82-32-12-24-74(82)90)66(46-63(65)49-37-55(79-29-9-21-71(79)87)43-56(38-49)80-30-10-22-72(80)88)62-16-4-2-14-60(62)48-35-53(77-27-7-19-69(77)85)42-54(36-48)78-28-8-20-70(78)86/h1-4,13-16,33-46H,5-12,17-32H2. The summed E-state index contributed by atoms with van der Waals surface area (Å²) in [5.41, 5.74) is 15.1. The molecule has 16 nitrogen and oxygen atoms in total. The highest BCUT2D eigenvalue weighted by molar-refractivity contribution is 6.09. The van der Waals surface area contributed by atoms with Gasteiger partial charge < -0.3 is 39.2 Å². The van der Waals surface area contributed by atoms with Crippen molar-refractivity contribution >= 4 is 92.8 Å². The molecular formula is C74H70N8O8. The average Bonchev–Trinajstić information content (AvgIpc) is 0.981. The molecule has 8 amide bonds. The summed E-state index contributed by atoms with van der Waals surface area (Å²) < 4.78 is 0. The molecule has 16 heteroatoms. The second-order valence-corrected chi connectivity index (χ2v) is 25.2. The monoisotopic (exact) mass is 1200 g/mol. The van der Waals surface area contributed by atoms with Crippen LogP contribution in [0.15, 0.2) is 133 Å². The van der Waals surface area contributed by atoms with E-state index in [0.717, 1.165) is 92.4 Å². The number of anilines is 8. The van der Waals surface area contributed by atoms with Crippen molar-refractivity contribution in [3.8, 4) is 66.8 Å². The van der Waals surface area contributed by atoms with Crippen LogP contribution in [-0.2, 0) is 38.4 Å². The summed E-state index contributed by atoms with van der Waals surface area (Å²) in [5, 5.41) is 0. The molecule has 0 radical (unpaired) electrons. The van der Waals surface area contributed by atoms with Crippen LogP contribution in [0.1, 0.15) is 103 Å². The largest absolute Gasteiger partial charge is 0.312 e. The van der Waals surface area contributed by atoms with E-state index in [1.54, 1.807) is 0 Å². The number of carbonyl (C=O) groups is 8. The van der Waals surface area contributed by atoms with Gasteiger partial charge in [0.25, 0.3) is 0 Å². The molecule has 0 aliphatic carbocycles. The molecule has 8 aliphatic heterocycles. The van der Waals surface area contributed by atoms with E-state index in [4.69, 9.17) is 0 Å². The Labute approximate surface area is 523 Å². The molecule has 15 rings (SSSR count). The Bertz CT molecular complexity index is 3770. The zero-order chi connectivity index (χ0) is 61.3. The lowest BCUT2D eigenvalue weighted by molar-refractivity contribution is -0.117. The smallest absolute Gasteiger partial charge is 0.227 e. The van der Waals surface area contributed by atoms with Gasteiger partial charge in [0, 0.05) is 149 Å². The van der Waals surface area contributed by atoms with E-state index in [2.05, 4.69) is 84.9 Å². The number of amides is 8. The summed E-state index contributed by atoms with van der Waals surface area (Å²) in [7, 11) is 0. The number of hydrogen-bond donors (Lipinski definition) is 0. The average molecular weight is 1200 g/mol. The summed E-state index contributed by atoms with van der Waals surface area (Å²) in [6.45, 7) is 4.29. The van der Waals surface area contributed by atoms with Gasteiger partial charge in [0.2, 0.25) is 47.3 Å². The first kappa shape index (κ1) is 56.8. The maximum atomic E-state index is 14.0. The van der Waals surface area contributed by atoms with Crippen LogP contribution in [0, 0.1) is 0 Å². The Morgan fingerprint density at radius 3 is 0.544 bits per heavy atom. The van der Waals surface area contributed by atoms with Crippen LogP contribution in [0.2, 0.25) is 0 Å². The quantitative estimate of drug-likeness (QED) is 0.104. The third-order valence-electron chi connectivity index (χ3n) is 19.5. The van der Waals surface area contributed by atoms with E-state index in [9.17, 15) is 38.4 Å². The van der Waals surface area contributed by atoms with E-state index >= 15 is 0 Å². The lowest BCUT2D eigenvalue weighted by atomic mass is 9.81. The van der Waals surface area contributed by atoms with Crippen molar-refractivity contribution in [1.82, 2.24) is 0 Å². The molecule has 8 heterocycles. The molecule has 8 fully saturated rings. The highest BCUT2D eigenvalue weighted by Crippen LogP contribution is 2.51. The van der Waals surface area contributed by atoms with Crippen LogP contribution in [0.25, 0.3) is 66.8 Å². The van der Waals surface area contributed by atoms with Gasteiger partial charge >= 0.3 is 0 Å². The van der Waals surface area contributed by atoms with Gasteiger partial charge in [0.15, 0.2) is 0 Å². The minimum Gasteiger partial charge on any atom is -0.312 e. The van der Waals surface area contributed by atoms with Crippen LogP contribution in [-0.4, -0.2) is 99.6 Å². The van der Waals surface area contributed by atoms with E-state index in [1.165, 1.54) is 0 Å². The predicted octanol–water partition coefficient (Wildman–Crippen LogP) is 12.7. The van der Waals surface area contributed by atoms with Gasteiger partial charge in [-0.25, -0.2) is 0 Å². The van der Waals surface area contributed by atoms with Crippen LogP contribution in [0.3, 0.4) is 0 Å². The fourth-order valence-electron chi connectivity index (χ4n) is 15.1. The summed E-state index contributed by atoms with van der Waals surface area (Å²) in [6.07, 6.45) is 8.95. The minimum absolute atomic E-state index is 0.00144. The fraction of sp³-hybridized carbons (Fsp3) is 0.324. The van der Waals surface area contributed by atoms with Crippen molar-refractivity contribution in [2.75, 3.05) is 91.6 Å². The zero-order valence-corrected chi connectivity index (χ0v) is 50.5. The molecule has 90 heavy (non-hydrogen) atoms. The lowest BCUT2D eigenvalue weighted by Gasteiger charge is -2.27. The Balaban J connectivity index is 1.04. The van der Waals surface area contributed by atoms with Crippen LogP contribution in [0.4, 0.5) is 45.5 Å². The van der Waals surface area contributed by atoms with Gasteiger partial charge in [-0.15, -0.1) is 0 Å². The SMILES string of the molecule is O=C1CCCN1c1cc(-c2ccccc2-c2cc(-c3cc(N4CCCC4=O)cc(N4CCCC4=O)c3)c(-c3ccccc3-c3cc(N4CCCC4=O)cc(N4CCCC4=O)c3)cc2-c2cc(N3CCCC3=O)cc(N3CCCC3=O)c2)cc(N2CCCC2=O)c1. The van der Waals surface area contributed by atoms with Gasteiger partial charge in [0.05, 0.1) is 0 Å². The molecule has 8 saturated heterocycles. The van der Waals surface area contributed by atoms with Crippen LogP contribution in [0.5, 0.6) is 0 Å². The molecule has 0 saturated carbocycles. The van der Waals surface area contributed by atoms with Gasteiger partial charge in [-0.3, -0.25) is 38.4 Å². The van der Waals surface area contributed by atoms with E-state index < -0.39 is 0 Å². The van der Waals surface area contributed by atoms with Gasteiger partial charge in [-0.05, 0) is 203 Å². The van der Waals surface area contributed by atoms with Crippen LogP contribution >= 0.6 is 0 Å². The Morgan fingerprint density at radius 1 is 0.189 bits per heavy atom. The van der Waals surface area contributed by atoms with Crippen molar-refractivity contribution in [2.24, 2.45) is 0 Å². The molecule has 0 atom stereocenters. The number of carbonyl (C=O) groups excluding carboxylic acids is 8. The molecule has 0 aromatic heterocycles. The molecule has 0 unspecified atom stereocenters. The molecule has 7 aromatic carbocycles. The Morgan fingerprint density at radius 2 is 0.367 bits per heavy atom. The molecule has 0 spiro atoms. The number of rotatable bonds is 14. The number of hydrogen-bond acceptors (Lipinski definition) is 8. The molecule has 454 valence electrons. The van der Waals surface area contributed by atoms with E-state index in [1.807, 2.05) is 87.7 Å². The molecule has 0 N–H and O–H groups in total. The number of benzene rings is 7. The van der Waals surface area contributed by atoms with E-state index in [0.29, 0.717) is 175 Å². The van der Waals surface area contributed by atoms with Crippen LogP contribution < -0.4 is 39.2 Å². The van der Waals surface area contributed by atoms with Crippen molar-refractivity contribution in [3.05, 3.63) is 133 Å². The fourth-order valence-corrected chi connectivity index (χ4v) is 15.1. The second-order valence-electron chi connectivity index (χ2n) is 25.2. The Kier molecular flexibility index (Phi) is 14.7. The topological polar surface area (TPSA) is 162 Å².